The van der Waals surface area contributed by atoms with Crippen LogP contribution in [0.1, 0.15) is 12.8 Å². The molecule has 3 N–H and O–H groups in total. The Labute approximate surface area is 70.5 Å². The van der Waals surface area contributed by atoms with E-state index in [-0.39, 0.29) is 12.2 Å². The fraction of sp³-hybridized carbons (Fsp3) is 0.833. The van der Waals surface area contributed by atoms with E-state index >= 15 is 0 Å². The summed E-state index contributed by atoms with van der Waals surface area (Å²) in [5, 5.41) is 9.43. The van der Waals surface area contributed by atoms with Gasteiger partial charge in [-0.3, -0.25) is 4.79 Å². The SMILES string of the molecule is NC(=O)C1(O)CCCS(=O)(=O)C1. The number of aliphatic hydroxyl groups is 1. The average molecular weight is 193 g/mol. The largest absolute Gasteiger partial charge is 0.379 e. The van der Waals surface area contributed by atoms with Crippen LogP contribution in [0.25, 0.3) is 0 Å². The van der Waals surface area contributed by atoms with Gasteiger partial charge in [-0.25, -0.2) is 8.42 Å². The summed E-state index contributed by atoms with van der Waals surface area (Å²) in [4.78, 5) is 10.7. The Morgan fingerprint density at radius 1 is 1.50 bits per heavy atom. The molecule has 1 aliphatic rings. The minimum absolute atomic E-state index is 0.0303. The molecule has 0 aliphatic carbocycles. The lowest BCUT2D eigenvalue weighted by atomic mass is 9.99. The van der Waals surface area contributed by atoms with E-state index in [1.165, 1.54) is 0 Å². The van der Waals surface area contributed by atoms with Gasteiger partial charge in [0.15, 0.2) is 15.4 Å². The van der Waals surface area contributed by atoms with Crippen LogP contribution in [0.15, 0.2) is 0 Å². The van der Waals surface area contributed by atoms with Crippen molar-refractivity contribution in [1.29, 1.82) is 0 Å². The minimum Gasteiger partial charge on any atom is -0.379 e. The quantitative estimate of drug-likeness (QED) is 0.524. The van der Waals surface area contributed by atoms with Crippen molar-refractivity contribution < 1.29 is 18.3 Å². The molecule has 0 aromatic heterocycles. The van der Waals surface area contributed by atoms with Gasteiger partial charge < -0.3 is 10.8 Å². The maximum Gasteiger partial charge on any atom is 0.250 e. The van der Waals surface area contributed by atoms with Gasteiger partial charge in [-0.15, -0.1) is 0 Å². The molecule has 0 radical (unpaired) electrons. The lowest BCUT2D eigenvalue weighted by Gasteiger charge is -2.28. The smallest absolute Gasteiger partial charge is 0.250 e. The first-order chi connectivity index (χ1) is 5.36. The molecular weight excluding hydrogens is 182 g/mol. The topological polar surface area (TPSA) is 97.5 Å². The Balaban J connectivity index is 2.89. The third-order valence-electron chi connectivity index (χ3n) is 1.96. The van der Waals surface area contributed by atoms with Crippen LogP contribution in [0.2, 0.25) is 0 Å². The third kappa shape index (κ3) is 1.75. The van der Waals surface area contributed by atoms with Gasteiger partial charge in [0.1, 0.15) is 0 Å². The van der Waals surface area contributed by atoms with Crippen molar-refractivity contribution in [3.05, 3.63) is 0 Å². The van der Waals surface area contributed by atoms with E-state index in [2.05, 4.69) is 0 Å². The summed E-state index contributed by atoms with van der Waals surface area (Å²) in [6, 6.07) is 0. The van der Waals surface area contributed by atoms with E-state index < -0.39 is 27.1 Å². The number of amides is 1. The highest BCUT2D eigenvalue weighted by Crippen LogP contribution is 2.22. The summed E-state index contributed by atoms with van der Waals surface area (Å²) in [6.07, 6.45) is 0.434. The molecule has 0 saturated carbocycles. The molecule has 12 heavy (non-hydrogen) atoms. The molecule has 0 spiro atoms. The van der Waals surface area contributed by atoms with Crippen molar-refractivity contribution in [2.24, 2.45) is 5.73 Å². The van der Waals surface area contributed by atoms with Gasteiger partial charge in [-0.2, -0.15) is 0 Å². The first-order valence-corrected chi connectivity index (χ1v) is 5.41. The highest BCUT2D eigenvalue weighted by molar-refractivity contribution is 7.91. The number of rotatable bonds is 1. The summed E-state index contributed by atoms with van der Waals surface area (Å²) in [5.74, 6) is -1.46. The van der Waals surface area contributed by atoms with Crippen molar-refractivity contribution in [2.45, 2.75) is 18.4 Å². The monoisotopic (exact) mass is 193 g/mol. The molecule has 1 rings (SSSR count). The summed E-state index contributed by atoms with van der Waals surface area (Å²) >= 11 is 0. The number of hydrogen-bond donors (Lipinski definition) is 2. The van der Waals surface area contributed by atoms with Crippen LogP contribution in [0.4, 0.5) is 0 Å². The van der Waals surface area contributed by atoms with E-state index in [1.807, 2.05) is 0 Å². The second kappa shape index (κ2) is 2.70. The molecule has 1 unspecified atom stereocenters. The number of primary amides is 1. The fourth-order valence-corrected chi connectivity index (χ4v) is 3.03. The Hall–Kier alpha value is -0.620. The predicted octanol–water partition coefficient (Wildman–Crippen LogP) is -1.59. The van der Waals surface area contributed by atoms with Crippen molar-refractivity contribution in [2.75, 3.05) is 11.5 Å². The Morgan fingerprint density at radius 2 is 2.08 bits per heavy atom. The number of hydrogen-bond acceptors (Lipinski definition) is 4. The summed E-state index contributed by atoms with van der Waals surface area (Å²) in [5.41, 5.74) is 3.03. The van der Waals surface area contributed by atoms with Crippen molar-refractivity contribution >= 4 is 15.7 Å². The van der Waals surface area contributed by atoms with Crippen molar-refractivity contribution in [3.8, 4) is 0 Å². The second-order valence-electron chi connectivity index (χ2n) is 3.09. The first kappa shape index (κ1) is 9.47. The van der Waals surface area contributed by atoms with Crippen LogP contribution in [0.5, 0.6) is 0 Å². The summed E-state index contributed by atoms with van der Waals surface area (Å²) in [7, 11) is -3.29. The fourth-order valence-electron chi connectivity index (χ4n) is 1.29. The van der Waals surface area contributed by atoms with Crippen LogP contribution in [0.3, 0.4) is 0 Å². The van der Waals surface area contributed by atoms with Crippen LogP contribution >= 0.6 is 0 Å². The minimum atomic E-state index is -3.29. The summed E-state index contributed by atoms with van der Waals surface area (Å²) in [6.45, 7) is 0. The number of carbonyl (C=O) groups is 1. The molecule has 6 heteroatoms. The number of sulfone groups is 1. The molecule has 1 amide bonds. The highest BCUT2D eigenvalue weighted by Gasteiger charge is 2.41. The lowest BCUT2D eigenvalue weighted by molar-refractivity contribution is -0.135. The van der Waals surface area contributed by atoms with Gasteiger partial charge in [0.2, 0.25) is 5.91 Å². The van der Waals surface area contributed by atoms with Crippen LogP contribution in [-0.2, 0) is 14.6 Å². The van der Waals surface area contributed by atoms with E-state index in [0.29, 0.717) is 6.42 Å². The highest BCUT2D eigenvalue weighted by atomic mass is 32.2. The molecular formula is C6H11NO4S. The Kier molecular flexibility index (Phi) is 2.13. The van der Waals surface area contributed by atoms with E-state index in [9.17, 15) is 18.3 Å². The van der Waals surface area contributed by atoms with Gasteiger partial charge in [-0.1, -0.05) is 0 Å². The van der Waals surface area contributed by atoms with Crippen LogP contribution in [0, 0.1) is 0 Å². The van der Waals surface area contributed by atoms with Gasteiger partial charge in [-0.05, 0) is 12.8 Å². The number of nitrogens with two attached hydrogens (primary N) is 1. The molecule has 1 heterocycles. The van der Waals surface area contributed by atoms with Gasteiger partial charge in [0.05, 0.1) is 11.5 Å². The Bertz CT molecular complexity index is 297. The van der Waals surface area contributed by atoms with E-state index in [4.69, 9.17) is 5.73 Å². The molecule has 1 saturated heterocycles. The maximum atomic E-state index is 11.0. The van der Waals surface area contributed by atoms with Gasteiger partial charge >= 0.3 is 0 Å². The van der Waals surface area contributed by atoms with Gasteiger partial charge in [0, 0.05) is 0 Å². The normalized spacial score (nSPS) is 34.4. The zero-order valence-corrected chi connectivity index (χ0v) is 7.30. The number of carbonyl (C=O) groups excluding carboxylic acids is 1. The molecule has 1 aliphatic heterocycles. The molecule has 1 fully saturated rings. The molecule has 5 nitrogen and oxygen atoms in total. The predicted molar refractivity (Wildman–Crippen MR) is 42.0 cm³/mol. The van der Waals surface area contributed by atoms with Crippen LogP contribution < -0.4 is 5.73 Å². The summed E-state index contributed by atoms with van der Waals surface area (Å²) < 4.78 is 22.0. The molecule has 1 atom stereocenters. The molecule has 0 bridgehead atoms. The average Bonchev–Trinajstić information content (AvgIpc) is 1.83. The zero-order chi connectivity index (χ0) is 9.41. The van der Waals surface area contributed by atoms with Crippen molar-refractivity contribution in [1.82, 2.24) is 0 Å². The zero-order valence-electron chi connectivity index (χ0n) is 6.49. The van der Waals surface area contributed by atoms with Crippen LogP contribution in [-0.4, -0.2) is 36.5 Å². The third-order valence-corrected chi connectivity index (χ3v) is 3.79. The molecule has 0 aromatic carbocycles. The molecule has 0 aromatic rings. The molecule has 70 valence electrons. The second-order valence-corrected chi connectivity index (χ2v) is 5.28. The van der Waals surface area contributed by atoms with E-state index in [0.717, 1.165) is 0 Å². The first-order valence-electron chi connectivity index (χ1n) is 3.58. The lowest BCUT2D eigenvalue weighted by Crippen LogP contribution is -2.52. The van der Waals surface area contributed by atoms with Crippen molar-refractivity contribution in [3.63, 3.8) is 0 Å². The van der Waals surface area contributed by atoms with E-state index in [1.54, 1.807) is 0 Å². The standard InChI is InChI=1S/C6H11NO4S/c7-5(8)6(9)2-1-3-12(10,11)4-6/h9H,1-4H2,(H2,7,8). The van der Waals surface area contributed by atoms with Gasteiger partial charge in [0.25, 0.3) is 0 Å². The Morgan fingerprint density at radius 3 is 2.42 bits per heavy atom. The maximum absolute atomic E-state index is 11.0.